The molecule has 0 bridgehead atoms. The van der Waals surface area contributed by atoms with Crippen LogP contribution in [0.3, 0.4) is 0 Å². The predicted octanol–water partition coefficient (Wildman–Crippen LogP) is 3.58. The molecule has 0 aliphatic rings. The summed E-state index contributed by atoms with van der Waals surface area (Å²) >= 11 is 0. The Morgan fingerprint density at radius 3 is 2.08 bits per heavy atom. The molecule has 0 unspecified atom stereocenters. The third-order valence-electron chi connectivity index (χ3n) is 3.32. The third-order valence-corrected chi connectivity index (χ3v) is 3.32. The molecule has 0 saturated heterocycles. The SMILES string of the molecule is O=C(O)[C@H](Cc1ccc(O)cc1)N=C(c1ccc(F)cc1)C(F)(F)F. The highest BCUT2D eigenvalue weighted by Crippen LogP contribution is 2.24. The van der Waals surface area contributed by atoms with Crippen LogP contribution in [0.25, 0.3) is 0 Å². The quantitative estimate of drug-likeness (QED) is 0.636. The number of nitrogens with zero attached hydrogens (tertiary/aromatic N) is 1. The Labute approximate surface area is 140 Å². The molecule has 0 radical (unpaired) electrons. The Morgan fingerprint density at radius 1 is 1.04 bits per heavy atom. The van der Waals surface area contributed by atoms with E-state index in [0.29, 0.717) is 5.56 Å². The highest BCUT2D eigenvalue weighted by molar-refractivity contribution is 6.05. The van der Waals surface area contributed by atoms with Gasteiger partial charge in [0.15, 0.2) is 6.04 Å². The lowest BCUT2D eigenvalue weighted by atomic mass is 10.0. The molecule has 0 amide bonds. The number of benzene rings is 2. The summed E-state index contributed by atoms with van der Waals surface area (Å²) in [7, 11) is 0. The number of phenolic OH excluding ortho intramolecular Hbond substituents is 1. The largest absolute Gasteiger partial charge is 0.508 e. The van der Waals surface area contributed by atoms with Crippen molar-refractivity contribution in [2.24, 2.45) is 4.99 Å². The summed E-state index contributed by atoms with van der Waals surface area (Å²) in [5, 5.41) is 18.4. The lowest BCUT2D eigenvalue weighted by Crippen LogP contribution is -2.30. The van der Waals surface area contributed by atoms with Crippen molar-refractivity contribution in [2.45, 2.75) is 18.6 Å². The van der Waals surface area contributed by atoms with Crippen LogP contribution in [0.1, 0.15) is 11.1 Å². The zero-order valence-electron chi connectivity index (χ0n) is 12.7. The monoisotopic (exact) mass is 355 g/mol. The average molecular weight is 355 g/mol. The minimum Gasteiger partial charge on any atom is -0.508 e. The second-order valence-corrected chi connectivity index (χ2v) is 5.21. The summed E-state index contributed by atoms with van der Waals surface area (Å²) in [6.45, 7) is 0. The Balaban J connectivity index is 2.40. The van der Waals surface area contributed by atoms with Gasteiger partial charge in [-0.1, -0.05) is 12.1 Å². The summed E-state index contributed by atoms with van der Waals surface area (Å²) < 4.78 is 52.7. The molecule has 132 valence electrons. The maximum Gasteiger partial charge on any atom is 0.433 e. The number of phenols is 1. The molecule has 0 aliphatic heterocycles. The number of carboxylic acid groups (broad SMARTS) is 1. The summed E-state index contributed by atoms with van der Waals surface area (Å²) in [4.78, 5) is 14.7. The molecule has 0 heterocycles. The maximum absolute atomic E-state index is 13.3. The van der Waals surface area contributed by atoms with Gasteiger partial charge >= 0.3 is 12.1 Å². The summed E-state index contributed by atoms with van der Waals surface area (Å²) in [6, 6.07) is 7.15. The molecular formula is C17H13F4NO3. The van der Waals surface area contributed by atoms with Crippen LogP contribution >= 0.6 is 0 Å². The molecule has 0 aromatic heterocycles. The zero-order valence-corrected chi connectivity index (χ0v) is 12.7. The Morgan fingerprint density at radius 2 is 1.60 bits per heavy atom. The molecule has 25 heavy (non-hydrogen) atoms. The van der Waals surface area contributed by atoms with Gasteiger partial charge in [0.25, 0.3) is 0 Å². The highest BCUT2D eigenvalue weighted by atomic mass is 19.4. The first-order valence-electron chi connectivity index (χ1n) is 7.08. The molecule has 0 aliphatic carbocycles. The van der Waals surface area contributed by atoms with Crippen LogP contribution in [-0.2, 0) is 11.2 Å². The third kappa shape index (κ3) is 5.03. The second-order valence-electron chi connectivity index (χ2n) is 5.21. The van der Waals surface area contributed by atoms with Gasteiger partial charge in [0, 0.05) is 12.0 Å². The van der Waals surface area contributed by atoms with Crippen molar-refractivity contribution >= 4 is 11.7 Å². The van der Waals surface area contributed by atoms with Gasteiger partial charge in [-0.15, -0.1) is 0 Å². The number of hydrogen-bond donors (Lipinski definition) is 2. The Kier molecular flexibility index (Phi) is 5.41. The van der Waals surface area contributed by atoms with Crippen LogP contribution in [0.15, 0.2) is 53.5 Å². The second kappa shape index (κ2) is 7.33. The van der Waals surface area contributed by atoms with Crippen molar-refractivity contribution in [2.75, 3.05) is 0 Å². The van der Waals surface area contributed by atoms with E-state index in [4.69, 9.17) is 0 Å². The van der Waals surface area contributed by atoms with E-state index < -0.39 is 35.3 Å². The molecule has 2 N–H and O–H groups in total. The number of carbonyl (C=O) groups is 1. The molecular weight excluding hydrogens is 342 g/mol. The number of aliphatic carboxylic acids is 1. The summed E-state index contributed by atoms with van der Waals surface area (Å²) in [5.74, 6) is -2.30. The van der Waals surface area contributed by atoms with E-state index in [1.807, 2.05) is 0 Å². The number of aromatic hydroxyl groups is 1. The van der Waals surface area contributed by atoms with Gasteiger partial charge in [-0.3, -0.25) is 4.99 Å². The van der Waals surface area contributed by atoms with Gasteiger partial charge in [0.2, 0.25) is 0 Å². The van der Waals surface area contributed by atoms with Gasteiger partial charge < -0.3 is 10.2 Å². The normalized spacial score (nSPS) is 13.5. The van der Waals surface area contributed by atoms with Crippen molar-refractivity contribution in [3.05, 3.63) is 65.5 Å². The minimum absolute atomic E-state index is 0.0542. The van der Waals surface area contributed by atoms with E-state index in [-0.39, 0.29) is 12.2 Å². The maximum atomic E-state index is 13.3. The van der Waals surface area contributed by atoms with Crippen LogP contribution in [0, 0.1) is 5.82 Å². The van der Waals surface area contributed by atoms with E-state index in [0.717, 1.165) is 24.3 Å². The van der Waals surface area contributed by atoms with E-state index in [9.17, 15) is 32.6 Å². The lowest BCUT2D eigenvalue weighted by Gasteiger charge is -2.15. The molecule has 2 rings (SSSR count). The fourth-order valence-electron chi connectivity index (χ4n) is 2.12. The average Bonchev–Trinajstić information content (AvgIpc) is 2.53. The molecule has 0 saturated carbocycles. The first-order valence-corrected chi connectivity index (χ1v) is 7.08. The fourth-order valence-corrected chi connectivity index (χ4v) is 2.12. The number of halogens is 4. The van der Waals surface area contributed by atoms with E-state index >= 15 is 0 Å². The summed E-state index contributed by atoms with van der Waals surface area (Å²) in [5.41, 5.74) is -1.42. The molecule has 8 heteroatoms. The number of rotatable bonds is 5. The van der Waals surface area contributed by atoms with Gasteiger partial charge in [0.1, 0.15) is 17.3 Å². The highest BCUT2D eigenvalue weighted by Gasteiger charge is 2.38. The molecule has 0 spiro atoms. The van der Waals surface area contributed by atoms with Crippen molar-refractivity contribution in [1.82, 2.24) is 0 Å². The van der Waals surface area contributed by atoms with Crippen LogP contribution in [0.5, 0.6) is 5.75 Å². The predicted molar refractivity (Wildman–Crippen MR) is 82.2 cm³/mol. The molecule has 2 aromatic carbocycles. The van der Waals surface area contributed by atoms with Crippen LogP contribution in [0.4, 0.5) is 17.6 Å². The van der Waals surface area contributed by atoms with Crippen molar-refractivity contribution in [3.63, 3.8) is 0 Å². The summed E-state index contributed by atoms with van der Waals surface area (Å²) in [6.07, 6.45) is -5.20. The molecule has 4 nitrogen and oxygen atoms in total. The van der Waals surface area contributed by atoms with Gasteiger partial charge in [0.05, 0.1) is 0 Å². The number of carboxylic acids is 1. The van der Waals surface area contributed by atoms with Crippen LogP contribution in [-0.4, -0.2) is 34.1 Å². The zero-order chi connectivity index (χ0) is 18.6. The van der Waals surface area contributed by atoms with Crippen molar-refractivity contribution < 1.29 is 32.6 Å². The molecule has 1 atom stereocenters. The van der Waals surface area contributed by atoms with Gasteiger partial charge in [-0.05, 0) is 42.0 Å². The van der Waals surface area contributed by atoms with E-state index in [1.54, 1.807) is 0 Å². The van der Waals surface area contributed by atoms with E-state index in [2.05, 4.69) is 4.99 Å². The number of aliphatic imine (C=N–C) groups is 1. The van der Waals surface area contributed by atoms with Gasteiger partial charge in [-0.25, -0.2) is 9.18 Å². The first kappa shape index (κ1) is 18.4. The van der Waals surface area contributed by atoms with E-state index in [1.165, 1.54) is 24.3 Å². The van der Waals surface area contributed by atoms with Crippen LogP contribution < -0.4 is 0 Å². The number of alkyl halides is 3. The standard InChI is InChI=1S/C17H13F4NO3/c18-12-5-3-11(4-6-12)15(17(19,20)21)22-14(16(24)25)9-10-1-7-13(23)8-2-10/h1-8,14,23H,9H2,(H,24,25)/t14-/m0/s1. The van der Waals surface area contributed by atoms with Crippen molar-refractivity contribution in [3.8, 4) is 5.75 Å². The molecule has 0 fully saturated rings. The van der Waals surface area contributed by atoms with Crippen LogP contribution in [0.2, 0.25) is 0 Å². The van der Waals surface area contributed by atoms with Crippen molar-refractivity contribution in [1.29, 1.82) is 0 Å². The smallest absolute Gasteiger partial charge is 0.433 e. The van der Waals surface area contributed by atoms with Gasteiger partial charge in [-0.2, -0.15) is 13.2 Å². The molecule has 2 aromatic rings. The fraction of sp³-hybridized carbons (Fsp3) is 0.176. The lowest BCUT2D eigenvalue weighted by molar-refractivity contribution is -0.138. The minimum atomic E-state index is -4.90. The Bertz CT molecular complexity index is 768. The Hall–Kier alpha value is -2.90. The first-order chi connectivity index (χ1) is 11.7. The number of hydrogen-bond acceptors (Lipinski definition) is 3. The topological polar surface area (TPSA) is 69.9 Å².